The monoisotopic (exact) mass is 405 g/mol. The van der Waals surface area contributed by atoms with Crippen molar-refractivity contribution in [2.75, 3.05) is 24.6 Å². The fraction of sp³-hybridized carbons (Fsp3) is 0.333. The number of hydrogen-bond acceptors (Lipinski definition) is 5. The number of morpholine rings is 1. The quantitative estimate of drug-likeness (QED) is 0.680. The van der Waals surface area contributed by atoms with Crippen LogP contribution in [0, 0.1) is 0 Å². The second-order valence-corrected chi connectivity index (χ2v) is 7.76. The third-order valence-corrected chi connectivity index (χ3v) is 5.13. The molecule has 6 nitrogen and oxygen atoms in total. The van der Waals surface area contributed by atoms with Crippen molar-refractivity contribution < 1.29 is 14.3 Å². The van der Waals surface area contributed by atoms with E-state index in [-0.39, 0.29) is 24.7 Å². The Morgan fingerprint density at radius 1 is 1.10 bits per heavy atom. The van der Waals surface area contributed by atoms with Crippen molar-refractivity contribution in [2.24, 2.45) is 0 Å². The lowest BCUT2D eigenvalue weighted by Crippen LogP contribution is -2.45. The normalized spacial score (nSPS) is 18.9. The molecular formula is C24H27N3O3. The fourth-order valence-corrected chi connectivity index (χ4v) is 3.73. The predicted octanol–water partition coefficient (Wildman–Crippen LogP) is 3.54. The van der Waals surface area contributed by atoms with E-state index in [0.717, 1.165) is 35.2 Å². The molecule has 2 aromatic carbocycles. The van der Waals surface area contributed by atoms with Gasteiger partial charge in [0, 0.05) is 25.8 Å². The molecule has 3 aromatic rings. The Balaban J connectivity index is 1.26. The van der Waals surface area contributed by atoms with E-state index < -0.39 is 0 Å². The zero-order chi connectivity index (χ0) is 20.9. The second-order valence-electron chi connectivity index (χ2n) is 7.76. The Hall–Kier alpha value is -3.12. The molecule has 0 aliphatic carbocycles. The van der Waals surface area contributed by atoms with Gasteiger partial charge in [-0.15, -0.1) is 0 Å². The molecule has 1 aliphatic heterocycles. The van der Waals surface area contributed by atoms with Crippen LogP contribution in [-0.2, 0) is 16.1 Å². The molecule has 0 spiro atoms. The molecular weight excluding hydrogens is 378 g/mol. The van der Waals surface area contributed by atoms with Crippen LogP contribution in [0.25, 0.3) is 10.8 Å². The van der Waals surface area contributed by atoms with Gasteiger partial charge in [0.05, 0.1) is 12.2 Å². The molecule has 0 bridgehead atoms. The van der Waals surface area contributed by atoms with Gasteiger partial charge in [-0.2, -0.15) is 0 Å². The first kappa shape index (κ1) is 20.2. The number of ether oxygens (including phenoxy) is 2. The van der Waals surface area contributed by atoms with Crippen LogP contribution in [-0.4, -0.2) is 42.8 Å². The van der Waals surface area contributed by atoms with Crippen molar-refractivity contribution in [3.05, 3.63) is 66.4 Å². The van der Waals surface area contributed by atoms with E-state index in [2.05, 4.69) is 29.0 Å². The number of carbonyl (C=O) groups is 1. The average Bonchev–Trinajstić information content (AvgIpc) is 2.76. The lowest BCUT2D eigenvalue weighted by atomic mass is 10.1. The number of rotatable bonds is 6. The summed E-state index contributed by atoms with van der Waals surface area (Å²) in [5.74, 6) is 1.46. The highest BCUT2D eigenvalue weighted by molar-refractivity contribution is 5.84. The largest absolute Gasteiger partial charge is 0.484 e. The Labute approximate surface area is 176 Å². The molecule has 4 rings (SSSR count). The lowest BCUT2D eigenvalue weighted by molar-refractivity contribution is -0.123. The number of pyridine rings is 1. The molecule has 0 radical (unpaired) electrons. The van der Waals surface area contributed by atoms with E-state index in [9.17, 15) is 4.79 Å². The van der Waals surface area contributed by atoms with Crippen LogP contribution in [0.2, 0.25) is 0 Å². The van der Waals surface area contributed by atoms with Gasteiger partial charge in [0.1, 0.15) is 11.6 Å². The number of benzene rings is 2. The van der Waals surface area contributed by atoms with Crippen LogP contribution in [0.5, 0.6) is 5.75 Å². The van der Waals surface area contributed by atoms with Crippen LogP contribution in [0.4, 0.5) is 5.82 Å². The van der Waals surface area contributed by atoms with Crippen LogP contribution in [0.1, 0.15) is 19.4 Å². The molecule has 1 aliphatic rings. The average molecular weight is 405 g/mol. The Morgan fingerprint density at radius 2 is 1.87 bits per heavy atom. The summed E-state index contributed by atoms with van der Waals surface area (Å²) in [5, 5.41) is 5.12. The third kappa shape index (κ3) is 5.07. The molecule has 0 saturated carbocycles. The van der Waals surface area contributed by atoms with Crippen molar-refractivity contribution in [1.29, 1.82) is 0 Å². The van der Waals surface area contributed by atoms with Crippen molar-refractivity contribution in [3.8, 4) is 5.75 Å². The number of hydrogen-bond donors (Lipinski definition) is 1. The third-order valence-electron chi connectivity index (χ3n) is 5.13. The van der Waals surface area contributed by atoms with Crippen molar-refractivity contribution in [1.82, 2.24) is 10.3 Å². The van der Waals surface area contributed by atoms with Crippen LogP contribution in [0.15, 0.2) is 60.8 Å². The Morgan fingerprint density at radius 3 is 2.60 bits per heavy atom. The molecule has 1 fully saturated rings. The van der Waals surface area contributed by atoms with Gasteiger partial charge in [0.2, 0.25) is 0 Å². The van der Waals surface area contributed by atoms with E-state index in [1.165, 1.54) is 0 Å². The predicted molar refractivity (Wildman–Crippen MR) is 118 cm³/mol. The summed E-state index contributed by atoms with van der Waals surface area (Å²) in [5.41, 5.74) is 0.951. The molecule has 1 aromatic heterocycles. The van der Waals surface area contributed by atoms with Gasteiger partial charge >= 0.3 is 0 Å². The summed E-state index contributed by atoms with van der Waals surface area (Å²) >= 11 is 0. The SMILES string of the molecule is CC1CN(c2ccc(CNC(=O)COc3ccc4ccccc4c3)cn2)CC(C)O1. The number of nitrogens with zero attached hydrogens (tertiary/aromatic N) is 2. The van der Waals surface area contributed by atoms with Crippen molar-refractivity contribution in [2.45, 2.75) is 32.6 Å². The molecule has 30 heavy (non-hydrogen) atoms. The summed E-state index contributed by atoms with van der Waals surface area (Å²) < 4.78 is 11.4. The van der Waals surface area contributed by atoms with Crippen molar-refractivity contribution in [3.63, 3.8) is 0 Å². The fourth-order valence-electron chi connectivity index (χ4n) is 3.73. The molecule has 1 N–H and O–H groups in total. The highest BCUT2D eigenvalue weighted by Crippen LogP contribution is 2.21. The molecule has 2 atom stereocenters. The number of nitrogens with one attached hydrogen (secondary N) is 1. The van der Waals surface area contributed by atoms with E-state index in [0.29, 0.717) is 12.3 Å². The van der Waals surface area contributed by atoms with Crippen LogP contribution in [0.3, 0.4) is 0 Å². The maximum absolute atomic E-state index is 12.2. The first-order chi connectivity index (χ1) is 14.6. The van der Waals surface area contributed by atoms with Gasteiger partial charge in [-0.1, -0.05) is 36.4 Å². The summed E-state index contributed by atoms with van der Waals surface area (Å²) in [6, 6.07) is 17.9. The highest BCUT2D eigenvalue weighted by Gasteiger charge is 2.22. The summed E-state index contributed by atoms with van der Waals surface area (Å²) in [4.78, 5) is 19.0. The Bertz CT molecular complexity index is 996. The van der Waals surface area contributed by atoms with E-state index in [4.69, 9.17) is 9.47 Å². The van der Waals surface area contributed by atoms with Gasteiger partial charge in [0.25, 0.3) is 5.91 Å². The molecule has 2 heterocycles. The minimum Gasteiger partial charge on any atom is -0.484 e. The zero-order valence-corrected chi connectivity index (χ0v) is 17.4. The molecule has 1 saturated heterocycles. The zero-order valence-electron chi connectivity index (χ0n) is 17.4. The summed E-state index contributed by atoms with van der Waals surface area (Å²) in [7, 11) is 0. The summed E-state index contributed by atoms with van der Waals surface area (Å²) in [6.07, 6.45) is 2.19. The van der Waals surface area contributed by atoms with Gasteiger partial charge < -0.3 is 19.7 Å². The van der Waals surface area contributed by atoms with E-state index in [1.807, 2.05) is 60.8 Å². The van der Waals surface area contributed by atoms with Gasteiger partial charge in [0.15, 0.2) is 6.61 Å². The van der Waals surface area contributed by atoms with Crippen LogP contribution >= 0.6 is 0 Å². The number of aromatic nitrogens is 1. The number of fused-ring (bicyclic) bond motifs is 1. The molecule has 156 valence electrons. The summed E-state index contributed by atoms with van der Waals surface area (Å²) in [6.45, 7) is 6.22. The topological polar surface area (TPSA) is 63.7 Å². The van der Waals surface area contributed by atoms with Crippen molar-refractivity contribution >= 4 is 22.5 Å². The maximum Gasteiger partial charge on any atom is 0.258 e. The number of carbonyl (C=O) groups excluding carboxylic acids is 1. The smallest absolute Gasteiger partial charge is 0.258 e. The van der Waals surface area contributed by atoms with E-state index in [1.54, 1.807) is 0 Å². The molecule has 6 heteroatoms. The minimum atomic E-state index is -0.164. The highest BCUT2D eigenvalue weighted by atomic mass is 16.5. The molecule has 2 unspecified atom stereocenters. The maximum atomic E-state index is 12.2. The van der Waals surface area contributed by atoms with Gasteiger partial charge in [-0.3, -0.25) is 4.79 Å². The standard InChI is InChI=1S/C24H27N3O3/c1-17-14-27(15-18(2)30-17)23-10-7-19(12-25-23)13-26-24(28)16-29-22-9-8-20-5-3-4-6-21(20)11-22/h3-12,17-18H,13-16H2,1-2H3,(H,26,28). The van der Waals surface area contributed by atoms with Gasteiger partial charge in [-0.25, -0.2) is 4.98 Å². The second kappa shape index (κ2) is 9.13. The molecule has 1 amide bonds. The Kier molecular flexibility index (Phi) is 6.14. The number of anilines is 1. The first-order valence-electron chi connectivity index (χ1n) is 10.3. The van der Waals surface area contributed by atoms with Crippen LogP contribution < -0.4 is 15.0 Å². The number of amides is 1. The van der Waals surface area contributed by atoms with E-state index >= 15 is 0 Å². The lowest BCUT2D eigenvalue weighted by Gasteiger charge is -2.36. The van der Waals surface area contributed by atoms with Gasteiger partial charge in [-0.05, 0) is 48.4 Å². The first-order valence-corrected chi connectivity index (χ1v) is 10.3. The minimum absolute atomic E-state index is 0.0204.